The number of nitrogens with one attached hydrogen (secondary N) is 2. The lowest BCUT2D eigenvalue weighted by atomic mass is 10.0. The second-order valence-corrected chi connectivity index (χ2v) is 5.37. The van der Waals surface area contributed by atoms with Crippen LogP contribution in [0.15, 0.2) is 46.7 Å². The Hall–Kier alpha value is -2.52. The molecular formula is C15H16F2N2O5. The zero-order chi connectivity index (χ0) is 17.7. The van der Waals surface area contributed by atoms with E-state index in [1.165, 1.54) is 12.4 Å². The molecule has 1 saturated carbocycles. The molecule has 0 bridgehead atoms. The topological polar surface area (TPSA) is 113 Å². The van der Waals surface area contributed by atoms with E-state index in [4.69, 9.17) is 0 Å². The maximum absolute atomic E-state index is 13.0. The first-order valence-corrected chi connectivity index (χ1v) is 7.07. The van der Waals surface area contributed by atoms with E-state index < -0.39 is 12.0 Å². The minimum Gasteiger partial charge on any atom is -0.723 e. The van der Waals surface area contributed by atoms with E-state index in [2.05, 4.69) is 19.8 Å². The van der Waals surface area contributed by atoms with Crippen LogP contribution in [0.25, 0.3) is 0 Å². The van der Waals surface area contributed by atoms with Gasteiger partial charge in [0.1, 0.15) is 5.76 Å². The van der Waals surface area contributed by atoms with Crippen LogP contribution in [0.3, 0.4) is 0 Å². The number of dihydropyridines is 1. The molecule has 0 saturated heterocycles. The van der Waals surface area contributed by atoms with Gasteiger partial charge in [-0.05, 0) is 13.3 Å². The average Bonchev–Trinajstić information content (AvgIpc) is 2.94. The predicted octanol–water partition coefficient (Wildman–Crippen LogP) is -1.47. The molecule has 0 spiro atoms. The van der Waals surface area contributed by atoms with Gasteiger partial charge in [-0.3, -0.25) is 0 Å². The number of hydrogen-bond donors (Lipinski definition) is 3. The van der Waals surface area contributed by atoms with Crippen LogP contribution in [-0.4, -0.2) is 23.7 Å². The lowest BCUT2D eigenvalue weighted by Gasteiger charge is -2.19. The maximum Gasteiger partial charge on any atom is 0.322 e. The molecule has 1 heterocycles. The molecule has 1 aliphatic carbocycles. The third-order valence-corrected chi connectivity index (χ3v) is 3.80. The standard InChI is InChI=1S/C15H16F2N2O5/c1-8-14(20)12(10(4-18-8)7-24-22)5-19-13-3-9(6-23-21)2-11(13)15(16)17/h4-6,9,18,20,22H,2-3,7H2,1H3/b12-5-,19-13?/t9-/m0/s1. The molecule has 9 heteroatoms. The fourth-order valence-corrected chi connectivity index (χ4v) is 2.55. The molecule has 2 rings (SSSR count). The van der Waals surface area contributed by atoms with E-state index in [1.54, 1.807) is 6.92 Å². The fraction of sp³-hybridized carbons (Fsp3) is 0.333. The Morgan fingerprint density at radius 1 is 1.54 bits per heavy atom. The summed E-state index contributed by atoms with van der Waals surface area (Å²) >= 11 is 0. The number of hydrogen-bond acceptors (Lipinski definition) is 5. The monoisotopic (exact) mass is 342 g/mol. The molecule has 0 radical (unpaired) electrons. The third-order valence-electron chi connectivity index (χ3n) is 3.80. The van der Waals surface area contributed by atoms with Gasteiger partial charge >= 0.3 is 6.29 Å². The third kappa shape index (κ3) is 3.87. The Morgan fingerprint density at radius 3 is 2.92 bits per heavy atom. The summed E-state index contributed by atoms with van der Waals surface area (Å²) in [6.45, 7) is 1.30. The van der Waals surface area contributed by atoms with Crippen LogP contribution < -0.4 is 20.8 Å². The van der Waals surface area contributed by atoms with Crippen molar-refractivity contribution >= 4 is 12.0 Å². The van der Waals surface area contributed by atoms with E-state index in [1.807, 2.05) is 0 Å². The summed E-state index contributed by atoms with van der Waals surface area (Å²) in [4.78, 5) is 6.55. The van der Waals surface area contributed by atoms with Crippen molar-refractivity contribution in [1.82, 2.24) is 5.32 Å². The SMILES string of the molecule is CC1=C(O)/C(=C\[NH+]=C2C[C@@H](C=[O+][O-])CC2=C(F)F)C(CO[O-])=CN1. The van der Waals surface area contributed by atoms with Crippen molar-refractivity contribution in [1.29, 1.82) is 0 Å². The van der Waals surface area contributed by atoms with E-state index in [0.717, 1.165) is 6.29 Å². The Bertz CT molecular complexity index is 688. The summed E-state index contributed by atoms with van der Waals surface area (Å²) in [6, 6.07) is 0. The fourth-order valence-electron chi connectivity index (χ4n) is 2.55. The van der Waals surface area contributed by atoms with E-state index in [0.29, 0.717) is 11.3 Å². The molecule has 1 aliphatic heterocycles. The Labute approximate surface area is 136 Å². The van der Waals surface area contributed by atoms with Gasteiger partial charge in [-0.1, -0.05) is 0 Å². The van der Waals surface area contributed by atoms with Crippen molar-refractivity contribution in [2.24, 2.45) is 5.92 Å². The van der Waals surface area contributed by atoms with Gasteiger partial charge in [0, 0.05) is 18.2 Å². The molecule has 0 unspecified atom stereocenters. The molecule has 1 fully saturated rings. The lowest BCUT2D eigenvalue weighted by Crippen LogP contribution is -2.66. The Morgan fingerprint density at radius 2 is 2.29 bits per heavy atom. The smallest absolute Gasteiger partial charge is 0.322 e. The molecular weight excluding hydrogens is 326 g/mol. The molecule has 7 nitrogen and oxygen atoms in total. The summed E-state index contributed by atoms with van der Waals surface area (Å²) in [5.74, 6) is -0.591. The minimum atomic E-state index is -1.85. The number of aliphatic hydroxyl groups is 1. The number of rotatable bonds is 4. The molecule has 2 aliphatic rings. The highest BCUT2D eigenvalue weighted by molar-refractivity contribution is 6.00. The van der Waals surface area contributed by atoms with Crippen LogP contribution in [-0.2, 0) is 9.46 Å². The molecule has 3 N–H and O–H groups in total. The summed E-state index contributed by atoms with van der Waals surface area (Å²) in [6.07, 6.45) is 2.06. The van der Waals surface area contributed by atoms with Crippen LogP contribution in [0, 0.1) is 5.92 Å². The maximum atomic E-state index is 13.0. The summed E-state index contributed by atoms with van der Waals surface area (Å²) in [5.41, 5.74) is 1.06. The van der Waals surface area contributed by atoms with Crippen molar-refractivity contribution in [3.05, 3.63) is 46.7 Å². The normalized spacial score (nSPS) is 24.9. The number of allylic oxidation sites excluding steroid dienone is 3. The van der Waals surface area contributed by atoms with Gasteiger partial charge in [0.25, 0.3) is 6.08 Å². The second-order valence-electron chi connectivity index (χ2n) is 5.37. The molecule has 0 aromatic heterocycles. The van der Waals surface area contributed by atoms with Gasteiger partial charge in [0.05, 0.1) is 29.4 Å². The highest BCUT2D eigenvalue weighted by atomic mass is 19.3. The highest BCUT2D eigenvalue weighted by Gasteiger charge is 2.35. The van der Waals surface area contributed by atoms with Crippen molar-refractivity contribution in [3.8, 4) is 0 Å². The van der Waals surface area contributed by atoms with Crippen LogP contribution in [0.1, 0.15) is 19.8 Å². The minimum absolute atomic E-state index is 0.0230. The Balaban J connectivity index is 2.37. The number of aliphatic hydroxyl groups excluding tert-OH is 1. The first-order valence-electron chi connectivity index (χ1n) is 7.07. The predicted molar refractivity (Wildman–Crippen MR) is 74.6 cm³/mol. The van der Waals surface area contributed by atoms with Gasteiger partial charge in [-0.25, -0.2) is 4.99 Å². The lowest BCUT2D eigenvalue weighted by molar-refractivity contribution is -1.04. The van der Waals surface area contributed by atoms with Crippen LogP contribution >= 0.6 is 0 Å². The first-order chi connectivity index (χ1) is 11.5. The zero-order valence-electron chi connectivity index (χ0n) is 12.8. The molecule has 0 aromatic carbocycles. The van der Waals surface area contributed by atoms with Crippen LogP contribution in [0.5, 0.6) is 0 Å². The van der Waals surface area contributed by atoms with Crippen molar-refractivity contribution in [2.45, 2.75) is 19.8 Å². The average molecular weight is 342 g/mol. The van der Waals surface area contributed by atoms with Gasteiger partial charge in [-0.15, -0.1) is 0 Å². The zero-order valence-corrected chi connectivity index (χ0v) is 12.8. The van der Waals surface area contributed by atoms with E-state index in [-0.39, 0.29) is 42.1 Å². The second kappa shape index (κ2) is 7.84. The molecule has 0 amide bonds. The van der Waals surface area contributed by atoms with Gasteiger partial charge in [-0.2, -0.15) is 13.4 Å². The highest BCUT2D eigenvalue weighted by Crippen LogP contribution is 2.28. The number of carbonyl (C=O) groups excluding carboxylic acids is 1. The molecule has 130 valence electrons. The van der Waals surface area contributed by atoms with Gasteiger partial charge < -0.3 is 25.8 Å². The Kier molecular flexibility index (Phi) is 5.83. The number of halogens is 2. The van der Waals surface area contributed by atoms with Gasteiger partial charge in [0.15, 0.2) is 11.9 Å². The van der Waals surface area contributed by atoms with Crippen LogP contribution in [0.2, 0.25) is 0 Å². The van der Waals surface area contributed by atoms with Crippen LogP contribution in [0.4, 0.5) is 8.78 Å². The first kappa shape index (κ1) is 17.8. The van der Waals surface area contributed by atoms with Crippen molar-refractivity contribution < 1.29 is 38.9 Å². The quantitative estimate of drug-likeness (QED) is 0.250. The molecule has 0 aromatic rings. The summed E-state index contributed by atoms with van der Waals surface area (Å²) in [5, 5.41) is 33.4. The van der Waals surface area contributed by atoms with E-state index >= 15 is 0 Å². The summed E-state index contributed by atoms with van der Waals surface area (Å²) < 4.78 is 29.7. The van der Waals surface area contributed by atoms with E-state index in [9.17, 15) is 24.4 Å². The molecule has 1 atom stereocenters. The molecule has 24 heavy (non-hydrogen) atoms. The largest absolute Gasteiger partial charge is 0.723 e. The van der Waals surface area contributed by atoms with Crippen molar-refractivity contribution in [2.75, 3.05) is 6.61 Å². The summed E-state index contributed by atoms with van der Waals surface area (Å²) in [7, 11) is 0. The van der Waals surface area contributed by atoms with Crippen molar-refractivity contribution in [3.63, 3.8) is 0 Å². The van der Waals surface area contributed by atoms with Gasteiger partial charge in [0.2, 0.25) is 0 Å². The number of aldehydes is 1.